The molecule has 0 bridgehead atoms. The zero-order chi connectivity index (χ0) is 19.4. The van der Waals surface area contributed by atoms with Gasteiger partial charge >= 0.3 is 0 Å². The van der Waals surface area contributed by atoms with E-state index >= 15 is 0 Å². The Morgan fingerprint density at radius 1 is 1.37 bits per heavy atom. The molecule has 0 aliphatic carbocycles. The molecule has 0 saturated carbocycles. The number of nitrogens with zero attached hydrogens (tertiary/aromatic N) is 2. The van der Waals surface area contributed by atoms with Gasteiger partial charge < -0.3 is 5.32 Å². The molecular formula is C20H21N3O2S2. The van der Waals surface area contributed by atoms with Gasteiger partial charge in [0, 0.05) is 24.0 Å². The fourth-order valence-corrected chi connectivity index (χ4v) is 4.56. The molecular weight excluding hydrogens is 378 g/mol. The van der Waals surface area contributed by atoms with Crippen LogP contribution in [0.5, 0.6) is 0 Å². The first-order valence-corrected chi connectivity index (χ1v) is 10.5. The van der Waals surface area contributed by atoms with Crippen molar-refractivity contribution < 1.29 is 4.79 Å². The first kappa shape index (κ1) is 19.4. The monoisotopic (exact) mass is 399 g/mol. The average Bonchev–Trinajstić information content (AvgIpc) is 3.08. The summed E-state index contributed by atoms with van der Waals surface area (Å²) in [5.74, 6) is 0.146. The van der Waals surface area contributed by atoms with E-state index in [1.807, 2.05) is 43.5 Å². The van der Waals surface area contributed by atoms with Gasteiger partial charge in [-0.2, -0.15) is 0 Å². The summed E-state index contributed by atoms with van der Waals surface area (Å²) in [6, 6.07) is 8.11. The molecule has 3 aromatic rings. The third kappa shape index (κ3) is 4.14. The molecule has 1 aromatic carbocycles. The third-order valence-electron chi connectivity index (χ3n) is 4.04. The molecule has 7 heteroatoms. The number of nitrogens with one attached hydrogen (secondary N) is 1. The molecule has 0 spiro atoms. The molecule has 3 rings (SSSR count). The van der Waals surface area contributed by atoms with Gasteiger partial charge in [0.1, 0.15) is 4.83 Å². The Bertz CT molecular complexity index is 1040. The topological polar surface area (TPSA) is 64.0 Å². The van der Waals surface area contributed by atoms with Crippen molar-refractivity contribution in [2.45, 2.75) is 25.5 Å². The van der Waals surface area contributed by atoms with Crippen LogP contribution in [0.1, 0.15) is 12.5 Å². The number of allylic oxidation sites excluding steroid dienone is 1. The van der Waals surface area contributed by atoms with E-state index in [0.29, 0.717) is 28.5 Å². The molecule has 0 aliphatic rings. The van der Waals surface area contributed by atoms with Gasteiger partial charge in [0.25, 0.3) is 5.56 Å². The first-order chi connectivity index (χ1) is 13.0. The van der Waals surface area contributed by atoms with Gasteiger partial charge in [0.05, 0.1) is 11.1 Å². The normalized spacial score (nSPS) is 10.9. The second-order valence-electron chi connectivity index (χ2n) is 6.04. The number of benzene rings is 1. The van der Waals surface area contributed by atoms with E-state index in [1.54, 1.807) is 10.6 Å². The fraction of sp³-hybridized carbons (Fsp3) is 0.250. The molecule has 140 valence electrons. The molecule has 0 unspecified atom stereocenters. The number of carbonyl (C=O) groups is 1. The summed E-state index contributed by atoms with van der Waals surface area (Å²) in [6.45, 7) is 8.58. The van der Waals surface area contributed by atoms with E-state index in [9.17, 15) is 9.59 Å². The van der Waals surface area contributed by atoms with Crippen LogP contribution >= 0.6 is 23.1 Å². The van der Waals surface area contributed by atoms with Crippen molar-refractivity contribution in [1.82, 2.24) is 14.9 Å². The van der Waals surface area contributed by atoms with Crippen LogP contribution in [0.25, 0.3) is 21.3 Å². The molecule has 0 saturated heterocycles. The van der Waals surface area contributed by atoms with Crippen LogP contribution in [-0.4, -0.2) is 27.8 Å². The lowest BCUT2D eigenvalue weighted by Crippen LogP contribution is -2.26. The van der Waals surface area contributed by atoms with E-state index in [1.165, 1.54) is 28.7 Å². The quantitative estimate of drug-likeness (QED) is 0.372. The summed E-state index contributed by atoms with van der Waals surface area (Å²) < 4.78 is 1.59. The zero-order valence-corrected chi connectivity index (χ0v) is 17.0. The number of hydrogen-bond donors (Lipinski definition) is 1. The Balaban J connectivity index is 2.07. The number of thiophene rings is 1. The lowest BCUT2D eigenvalue weighted by molar-refractivity contribution is -0.118. The largest absolute Gasteiger partial charge is 0.356 e. The van der Waals surface area contributed by atoms with Gasteiger partial charge in [-0.1, -0.05) is 47.7 Å². The maximum atomic E-state index is 13.2. The van der Waals surface area contributed by atoms with Crippen LogP contribution < -0.4 is 10.9 Å². The Hall–Kier alpha value is -2.38. The van der Waals surface area contributed by atoms with Crippen LogP contribution in [0.15, 0.2) is 52.3 Å². The molecule has 0 atom stereocenters. The minimum atomic E-state index is -0.102. The standard InChI is InChI=1S/C20H21N3O2S2/c1-4-10-23-19(25)17-15(14-8-6-13(3)7-9-14)11-26-18(17)22-20(23)27-12-16(24)21-5-2/h4,6-9,11H,1,5,10,12H2,2-3H3,(H,21,24). The van der Waals surface area contributed by atoms with E-state index < -0.39 is 0 Å². The lowest BCUT2D eigenvalue weighted by atomic mass is 10.1. The molecule has 0 aliphatic heterocycles. The summed E-state index contributed by atoms with van der Waals surface area (Å²) in [5.41, 5.74) is 2.96. The molecule has 0 fully saturated rings. The van der Waals surface area contributed by atoms with Gasteiger partial charge in [-0.25, -0.2) is 4.98 Å². The van der Waals surface area contributed by atoms with E-state index in [4.69, 9.17) is 0 Å². The summed E-state index contributed by atoms with van der Waals surface area (Å²) >= 11 is 2.72. The smallest absolute Gasteiger partial charge is 0.263 e. The van der Waals surface area contributed by atoms with Crippen LogP contribution in [0.3, 0.4) is 0 Å². The number of carbonyl (C=O) groups excluding carboxylic acids is 1. The highest BCUT2D eigenvalue weighted by Crippen LogP contribution is 2.32. The Labute approximate surface area is 166 Å². The first-order valence-electron chi connectivity index (χ1n) is 8.64. The highest BCUT2D eigenvalue weighted by molar-refractivity contribution is 7.99. The third-order valence-corrected chi connectivity index (χ3v) is 5.89. The van der Waals surface area contributed by atoms with Crippen LogP contribution in [0.2, 0.25) is 0 Å². The zero-order valence-electron chi connectivity index (χ0n) is 15.3. The lowest BCUT2D eigenvalue weighted by Gasteiger charge is -2.10. The van der Waals surface area contributed by atoms with Crippen molar-refractivity contribution in [3.8, 4) is 11.1 Å². The van der Waals surface area contributed by atoms with E-state index in [0.717, 1.165) is 11.1 Å². The van der Waals surface area contributed by atoms with Crippen LogP contribution in [-0.2, 0) is 11.3 Å². The minimum absolute atomic E-state index is 0.0754. The summed E-state index contributed by atoms with van der Waals surface area (Å²) in [7, 11) is 0. The van der Waals surface area contributed by atoms with Crippen molar-refractivity contribution in [1.29, 1.82) is 0 Å². The molecule has 1 amide bonds. The molecule has 1 N–H and O–H groups in total. The highest BCUT2D eigenvalue weighted by Gasteiger charge is 2.17. The number of thioether (sulfide) groups is 1. The molecule has 27 heavy (non-hydrogen) atoms. The molecule has 0 radical (unpaired) electrons. The molecule has 2 heterocycles. The number of aryl methyl sites for hydroxylation is 1. The second kappa shape index (κ2) is 8.54. The Morgan fingerprint density at radius 2 is 2.11 bits per heavy atom. The SMILES string of the molecule is C=CCn1c(SCC(=O)NCC)nc2scc(-c3ccc(C)cc3)c2c1=O. The van der Waals surface area contributed by atoms with Crippen molar-refractivity contribution >= 4 is 39.2 Å². The summed E-state index contributed by atoms with van der Waals surface area (Å²) in [6.07, 6.45) is 1.67. The maximum Gasteiger partial charge on any atom is 0.263 e. The average molecular weight is 400 g/mol. The van der Waals surface area contributed by atoms with Crippen LogP contribution in [0, 0.1) is 6.92 Å². The van der Waals surface area contributed by atoms with Gasteiger partial charge in [-0.15, -0.1) is 17.9 Å². The van der Waals surface area contributed by atoms with E-state index in [-0.39, 0.29) is 17.2 Å². The van der Waals surface area contributed by atoms with Gasteiger partial charge in [-0.05, 0) is 19.4 Å². The maximum absolute atomic E-state index is 13.2. The second-order valence-corrected chi connectivity index (χ2v) is 7.84. The summed E-state index contributed by atoms with van der Waals surface area (Å²) in [4.78, 5) is 30.3. The predicted octanol–water partition coefficient (Wildman–Crippen LogP) is 3.85. The Morgan fingerprint density at radius 3 is 2.78 bits per heavy atom. The van der Waals surface area contributed by atoms with Crippen molar-refractivity contribution in [2.24, 2.45) is 0 Å². The predicted molar refractivity (Wildman–Crippen MR) is 114 cm³/mol. The Kier molecular flexibility index (Phi) is 6.13. The molecule has 5 nitrogen and oxygen atoms in total. The summed E-state index contributed by atoms with van der Waals surface area (Å²) in [5, 5.41) is 5.89. The number of amides is 1. The van der Waals surface area contributed by atoms with Crippen molar-refractivity contribution in [2.75, 3.05) is 12.3 Å². The number of fused-ring (bicyclic) bond motifs is 1. The number of hydrogen-bond acceptors (Lipinski definition) is 5. The minimum Gasteiger partial charge on any atom is -0.356 e. The highest BCUT2D eigenvalue weighted by atomic mass is 32.2. The van der Waals surface area contributed by atoms with Gasteiger partial charge in [0.2, 0.25) is 5.91 Å². The number of rotatable bonds is 7. The van der Waals surface area contributed by atoms with Gasteiger partial charge in [-0.3, -0.25) is 14.2 Å². The fourth-order valence-electron chi connectivity index (χ4n) is 2.73. The van der Waals surface area contributed by atoms with Gasteiger partial charge in [0.15, 0.2) is 5.16 Å². The van der Waals surface area contributed by atoms with Crippen molar-refractivity contribution in [3.05, 3.63) is 58.2 Å². The van der Waals surface area contributed by atoms with Crippen LogP contribution in [0.4, 0.5) is 0 Å². The van der Waals surface area contributed by atoms with E-state index in [2.05, 4.69) is 16.9 Å². The molecule has 2 aromatic heterocycles. The number of aromatic nitrogens is 2. The van der Waals surface area contributed by atoms with Crippen molar-refractivity contribution in [3.63, 3.8) is 0 Å².